The fourth-order valence-electron chi connectivity index (χ4n) is 1.91. The van der Waals surface area contributed by atoms with E-state index in [0.717, 1.165) is 6.42 Å². The second-order valence-corrected chi connectivity index (χ2v) is 3.52. The quantitative estimate of drug-likeness (QED) is 0.789. The largest absolute Gasteiger partial charge is 0.390 e. The first-order valence-corrected chi connectivity index (χ1v) is 4.68. The molecule has 14 heavy (non-hydrogen) atoms. The van der Waals surface area contributed by atoms with Crippen molar-refractivity contribution in [3.05, 3.63) is 17.5 Å². The zero-order valence-corrected chi connectivity index (χ0v) is 7.66. The number of aromatic nitrogens is 2. The third kappa shape index (κ3) is 1.52. The van der Waals surface area contributed by atoms with Crippen molar-refractivity contribution >= 4 is 0 Å². The van der Waals surface area contributed by atoms with Crippen LogP contribution in [-0.2, 0) is 13.2 Å². The minimum absolute atomic E-state index is 0.185. The van der Waals surface area contributed by atoms with Crippen molar-refractivity contribution in [2.75, 3.05) is 0 Å². The molecule has 0 aromatic carbocycles. The zero-order chi connectivity index (χ0) is 10.1. The molecule has 0 saturated carbocycles. The van der Waals surface area contributed by atoms with Crippen LogP contribution < -0.4 is 0 Å². The number of fused-ring (bicyclic) bond motifs is 1. The van der Waals surface area contributed by atoms with E-state index in [0.29, 0.717) is 24.4 Å². The molecule has 78 valence electrons. The summed E-state index contributed by atoms with van der Waals surface area (Å²) in [5.74, 6) is -0.712. The fraction of sp³-hybridized carbons (Fsp3) is 0.667. The standard InChI is InChI=1S/C9H12F2N2O/c10-9(11)7-2-1-3-13-8(7)4-6(5-14)12-13/h4,7,9,14H,1-3,5H2. The second kappa shape index (κ2) is 3.65. The first kappa shape index (κ1) is 9.58. The summed E-state index contributed by atoms with van der Waals surface area (Å²) in [7, 11) is 0. The van der Waals surface area contributed by atoms with Gasteiger partial charge >= 0.3 is 0 Å². The van der Waals surface area contributed by atoms with Gasteiger partial charge in [0, 0.05) is 12.2 Å². The van der Waals surface area contributed by atoms with Gasteiger partial charge in [0.25, 0.3) is 0 Å². The van der Waals surface area contributed by atoms with Crippen LogP contribution in [0.15, 0.2) is 6.07 Å². The van der Waals surface area contributed by atoms with Crippen LogP contribution in [0.4, 0.5) is 8.78 Å². The minimum Gasteiger partial charge on any atom is -0.390 e. The van der Waals surface area contributed by atoms with Crippen LogP contribution in [0.2, 0.25) is 0 Å². The van der Waals surface area contributed by atoms with E-state index in [1.54, 1.807) is 10.7 Å². The Morgan fingerprint density at radius 2 is 2.43 bits per heavy atom. The lowest BCUT2D eigenvalue weighted by Crippen LogP contribution is -2.20. The summed E-state index contributed by atoms with van der Waals surface area (Å²) in [6.07, 6.45) is -1.10. The van der Waals surface area contributed by atoms with Gasteiger partial charge in [-0.2, -0.15) is 5.10 Å². The highest BCUT2D eigenvalue weighted by Crippen LogP contribution is 2.32. The number of halogens is 2. The van der Waals surface area contributed by atoms with Crippen LogP contribution in [0.5, 0.6) is 0 Å². The molecule has 0 radical (unpaired) electrons. The Labute approximate surface area is 80.3 Å². The normalized spacial score (nSPS) is 21.3. The number of aliphatic hydroxyl groups excluding tert-OH is 1. The van der Waals surface area contributed by atoms with E-state index in [9.17, 15) is 8.78 Å². The maximum atomic E-state index is 12.6. The Hall–Kier alpha value is -0.970. The SMILES string of the molecule is OCc1cc2n(n1)CCCC2C(F)F. The Kier molecular flexibility index (Phi) is 2.50. The maximum absolute atomic E-state index is 12.6. The van der Waals surface area contributed by atoms with Crippen molar-refractivity contribution in [3.8, 4) is 0 Å². The van der Waals surface area contributed by atoms with Crippen LogP contribution in [0.3, 0.4) is 0 Å². The Morgan fingerprint density at radius 3 is 3.07 bits per heavy atom. The van der Waals surface area contributed by atoms with Gasteiger partial charge in [-0.15, -0.1) is 0 Å². The van der Waals surface area contributed by atoms with Crippen LogP contribution in [0.1, 0.15) is 30.1 Å². The lowest BCUT2D eigenvalue weighted by Gasteiger charge is -2.22. The maximum Gasteiger partial charge on any atom is 0.246 e. The van der Waals surface area contributed by atoms with Gasteiger partial charge in [0.05, 0.1) is 18.2 Å². The van der Waals surface area contributed by atoms with Crippen molar-refractivity contribution in [2.45, 2.75) is 38.3 Å². The molecule has 1 aliphatic heterocycles. The van der Waals surface area contributed by atoms with E-state index in [-0.39, 0.29) is 6.61 Å². The highest BCUT2D eigenvalue weighted by molar-refractivity contribution is 5.16. The van der Waals surface area contributed by atoms with Crippen molar-refractivity contribution in [3.63, 3.8) is 0 Å². The molecule has 0 saturated heterocycles. The number of alkyl halides is 2. The van der Waals surface area contributed by atoms with E-state index >= 15 is 0 Å². The molecular formula is C9H12F2N2O. The van der Waals surface area contributed by atoms with Gasteiger partial charge < -0.3 is 5.11 Å². The van der Waals surface area contributed by atoms with Gasteiger partial charge in [0.15, 0.2) is 0 Å². The molecule has 1 aliphatic rings. The number of rotatable bonds is 2. The number of nitrogens with zero attached hydrogens (tertiary/aromatic N) is 2. The highest BCUT2D eigenvalue weighted by Gasteiger charge is 2.29. The lowest BCUT2D eigenvalue weighted by atomic mass is 9.96. The molecule has 1 aromatic heterocycles. The predicted molar refractivity (Wildman–Crippen MR) is 46.1 cm³/mol. The molecule has 5 heteroatoms. The average Bonchev–Trinajstić information content (AvgIpc) is 2.59. The van der Waals surface area contributed by atoms with Gasteiger partial charge in [0.1, 0.15) is 0 Å². The van der Waals surface area contributed by atoms with Gasteiger partial charge in [-0.1, -0.05) is 0 Å². The summed E-state index contributed by atoms with van der Waals surface area (Å²) in [6.45, 7) is 0.495. The molecule has 2 heterocycles. The number of aryl methyl sites for hydroxylation is 1. The summed E-state index contributed by atoms with van der Waals surface area (Å²) in [6, 6.07) is 1.58. The topological polar surface area (TPSA) is 38.0 Å². The minimum atomic E-state index is -2.34. The molecule has 1 unspecified atom stereocenters. The molecular weight excluding hydrogens is 190 g/mol. The molecule has 0 spiro atoms. The smallest absolute Gasteiger partial charge is 0.246 e. The summed E-state index contributed by atoms with van der Waals surface area (Å²) < 4.78 is 26.8. The van der Waals surface area contributed by atoms with E-state index in [1.807, 2.05) is 0 Å². The van der Waals surface area contributed by atoms with Gasteiger partial charge in [-0.25, -0.2) is 8.78 Å². The molecule has 0 amide bonds. The van der Waals surface area contributed by atoms with Crippen molar-refractivity contribution in [1.82, 2.24) is 9.78 Å². The number of hydrogen-bond donors (Lipinski definition) is 1. The zero-order valence-electron chi connectivity index (χ0n) is 7.66. The van der Waals surface area contributed by atoms with E-state index in [4.69, 9.17) is 5.11 Å². The van der Waals surface area contributed by atoms with Gasteiger partial charge in [0.2, 0.25) is 6.43 Å². The Morgan fingerprint density at radius 1 is 1.64 bits per heavy atom. The molecule has 3 nitrogen and oxygen atoms in total. The van der Waals surface area contributed by atoms with Crippen molar-refractivity contribution < 1.29 is 13.9 Å². The van der Waals surface area contributed by atoms with E-state index < -0.39 is 12.3 Å². The number of aliphatic hydroxyl groups is 1. The van der Waals surface area contributed by atoms with Gasteiger partial charge in [-0.05, 0) is 18.9 Å². The predicted octanol–water partition coefficient (Wildman–Crippen LogP) is 1.52. The van der Waals surface area contributed by atoms with Gasteiger partial charge in [-0.3, -0.25) is 4.68 Å². The summed E-state index contributed by atoms with van der Waals surface area (Å²) in [4.78, 5) is 0. The van der Waals surface area contributed by atoms with Crippen molar-refractivity contribution in [2.24, 2.45) is 0 Å². The Balaban J connectivity index is 2.33. The number of hydrogen-bond acceptors (Lipinski definition) is 2. The molecule has 1 N–H and O–H groups in total. The highest BCUT2D eigenvalue weighted by atomic mass is 19.3. The lowest BCUT2D eigenvalue weighted by molar-refractivity contribution is 0.0977. The van der Waals surface area contributed by atoms with E-state index in [1.165, 1.54) is 0 Å². The van der Waals surface area contributed by atoms with Crippen LogP contribution in [0.25, 0.3) is 0 Å². The van der Waals surface area contributed by atoms with E-state index in [2.05, 4.69) is 5.10 Å². The first-order chi connectivity index (χ1) is 6.72. The fourth-order valence-corrected chi connectivity index (χ4v) is 1.91. The van der Waals surface area contributed by atoms with Crippen molar-refractivity contribution in [1.29, 1.82) is 0 Å². The molecule has 0 aliphatic carbocycles. The Bertz CT molecular complexity index is 325. The average molecular weight is 202 g/mol. The molecule has 0 bridgehead atoms. The third-order valence-electron chi connectivity index (χ3n) is 2.59. The summed E-state index contributed by atoms with van der Waals surface area (Å²) in [5.41, 5.74) is 1.04. The van der Waals surface area contributed by atoms with Crippen LogP contribution >= 0.6 is 0 Å². The molecule has 2 rings (SSSR count). The first-order valence-electron chi connectivity index (χ1n) is 4.68. The monoisotopic (exact) mass is 202 g/mol. The molecule has 1 atom stereocenters. The third-order valence-corrected chi connectivity index (χ3v) is 2.59. The molecule has 0 fully saturated rings. The summed E-state index contributed by atoms with van der Waals surface area (Å²) in [5, 5.41) is 12.9. The van der Waals surface area contributed by atoms with Crippen LogP contribution in [-0.4, -0.2) is 21.3 Å². The van der Waals surface area contributed by atoms with Crippen LogP contribution in [0, 0.1) is 0 Å². The molecule has 1 aromatic rings. The summed E-state index contributed by atoms with van der Waals surface area (Å²) >= 11 is 0. The second-order valence-electron chi connectivity index (χ2n) is 3.52.